The number of rotatable bonds is 2. The molecule has 2 aromatic rings. The summed E-state index contributed by atoms with van der Waals surface area (Å²) in [6, 6.07) is 6.50. The molecule has 0 aliphatic carbocycles. The minimum atomic E-state index is 0.557. The standard InChI is InChI=1S/C15H17ClN2/c1-9-5-10(2)7-13(6-9)8-14-17-12(4)11(3)15(16)18-14/h5-7H,8H2,1-4H3. The van der Waals surface area contributed by atoms with Crippen molar-refractivity contribution in [2.75, 3.05) is 0 Å². The molecule has 0 bridgehead atoms. The third-order valence-corrected chi connectivity index (χ3v) is 3.39. The van der Waals surface area contributed by atoms with Crippen molar-refractivity contribution in [2.24, 2.45) is 0 Å². The van der Waals surface area contributed by atoms with Crippen molar-refractivity contribution in [3.05, 3.63) is 57.1 Å². The molecule has 0 radical (unpaired) electrons. The summed E-state index contributed by atoms with van der Waals surface area (Å²) in [6.45, 7) is 8.11. The van der Waals surface area contributed by atoms with E-state index in [4.69, 9.17) is 11.6 Å². The van der Waals surface area contributed by atoms with Crippen molar-refractivity contribution in [1.82, 2.24) is 9.97 Å². The van der Waals surface area contributed by atoms with Gasteiger partial charge < -0.3 is 0 Å². The highest BCUT2D eigenvalue weighted by atomic mass is 35.5. The molecular weight excluding hydrogens is 244 g/mol. The molecule has 0 N–H and O–H groups in total. The largest absolute Gasteiger partial charge is 0.238 e. The van der Waals surface area contributed by atoms with Crippen LogP contribution >= 0.6 is 11.6 Å². The summed E-state index contributed by atoms with van der Waals surface area (Å²) >= 11 is 6.10. The summed E-state index contributed by atoms with van der Waals surface area (Å²) < 4.78 is 0. The molecule has 18 heavy (non-hydrogen) atoms. The molecule has 0 atom stereocenters. The Labute approximate surface area is 113 Å². The van der Waals surface area contributed by atoms with Crippen LogP contribution in [0.1, 0.15) is 33.8 Å². The van der Waals surface area contributed by atoms with Gasteiger partial charge in [0.15, 0.2) is 0 Å². The number of hydrogen-bond donors (Lipinski definition) is 0. The van der Waals surface area contributed by atoms with Crippen molar-refractivity contribution in [3.63, 3.8) is 0 Å². The zero-order chi connectivity index (χ0) is 13.3. The van der Waals surface area contributed by atoms with E-state index < -0.39 is 0 Å². The van der Waals surface area contributed by atoms with E-state index >= 15 is 0 Å². The van der Waals surface area contributed by atoms with Crippen LogP contribution in [0.4, 0.5) is 0 Å². The fourth-order valence-corrected chi connectivity index (χ4v) is 2.32. The molecule has 3 heteroatoms. The molecule has 0 aliphatic rings. The topological polar surface area (TPSA) is 25.8 Å². The summed E-state index contributed by atoms with van der Waals surface area (Å²) in [6.07, 6.45) is 0.726. The quantitative estimate of drug-likeness (QED) is 0.764. The van der Waals surface area contributed by atoms with Gasteiger partial charge in [-0.2, -0.15) is 0 Å². The zero-order valence-corrected chi connectivity index (χ0v) is 12.0. The van der Waals surface area contributed by atoms with Gasteiger partial charge in [-0.25, -0.2) is 9.97 Å². The molecule has 2 rings (SSSR count). The molecule has 0 saturated carbocycles. The molecule has 1 heterocycles. The summed E-state index contributed by atoms with van der Waals surface area (Å²) in [5.41, 5.74) is 5.67. The molecule has 2 nitrogen and oxygen atoms in total. The number of aryl methyl sites for hydroxylation is 3. The van der Waals surface area contributed by atoms with Gasteiger partial charge in [0.25, 0.3) is 0 Å². The smallest absolute Gasteiger partial charge is 0.135 e. The van der Waals surface area contributed by atoms with Gasteiger partial charge in [-0.3, -0.25) is 0 Å². The van der Waals surface area contributed by atoms with Gasteiger partial charge in [0, 0.05) is 17.7 Å². The van der Waals surface area contributed by atoms with Crippen molar-refractivity contribution in [2.45, 2.75) is 34.1 Å². The first-order chi connectivity index (χ1) is 8.45. The highest BCUT2D eigenvalue weighted by Crippen LogP contribution is 2.17. The predicted molar refractivity (Wildman–Crippen MR) is 75.2 cm³/mol. The van der Waals surface area contributed by atoms with E-state index in [9.17, 15) is 0 Å². The molecular formula is C15H17ClN2. The molecule has 0 aliphatic heterocycles. The van der Waals surface area contributed by atoms with Crippen LogP contribution in [-0.4, -0.2) is 9.97 Å². The second-order valence-electron chi connectivity index (χ2n) is 4.81. The predicted octanol–water partition coefficient (Wildman–Crippen LogP) is 3.95. The van der Waals surface area contributed by atoms with Gasteiger partial charge in [0.2, 0.25) is 0 Å². The number of halogens is 1. The van der Waals surface area contributed by atoms with Gasteiger partial charge >= 0.3 is 0 Å². The Hall–Kier alpha value is -1.41. The maximum absolute atomic E-state index is 6.10. The second-order valence-corrected chi connectivity index (χ2v) is 5.17. The van der Waals surface area contributed by atoms with Crippen LogP contribution in [0, 0.1) is 27.7 Å². The first-order valence-electron chi connectivity index (χ1n) is 6.02. The van der Waals surface area contributed by atoms with E-state index in [0.717, 1.165) is 23.5 Å². The first-order valence-corrected chi connectivity index (χ1v) is 6.40. The Kier molecular flexibility index (Phi) is 3.67. The number of nitrogens with zero attached hydrogens (tertiary/aromatic N) is 2. The van der Waals surface area contributed by atoms with Crippen LogP contribution in [0.2, 0.25) is 5.15 Å². The fourth-order valence-electron chi connectivity index (χ4n) is 2.08. The molecule has 0 unspecified atom stereocenters. The van der Waals surface area contributed by atoms with Crippen LogP contribution in [0.5, 0.6) is 0 Å². The van der Waals surface area contributed by atoms with E-state index in [-0.39, 0.29) is 0 Å². The molecule has 94 valence electrons. The van der Waals surface area contributed by atoms with Crippen molar-refractivity contribution in [1.29, 1.82) is 0 Å². The molecule has 0 saturated heterocycles. The Bertz CT molecular complexity index is 548. The lowest BCUT2D eigenvalue weighted by Gasteiger charge is -2.07. The monoisotopic (exact) mass is 260 g/mol. The van der Waals surface area contributed by atoms with Gasteiger partial charge in [-0.1, -0.05) is 40.9 Å². The summed E-state index contributed by atoms with van der Waals surface area (Å²) in [5.74, 6) is 0.785. The van der Waals surface area contributed by atoms with E-state index in [2.05, 4.69) is 42.0 Å². The van der Waals surface area contributed by atoms with Gasteiger partial charge in [0.1, 0.15) is 11.0 Å². The second kappa shape index (κ2) is 5.07. The van der Waals surface area contributed by atoms with Crippen LogP contribution in [0.25, 0.3) is 0 Å². The van der Waals surface area contributed by atoms with E-state index in [0.29, 0.717) is 5.15 Å². The summed E-state index contributed by atoms with van der Waals surface area (Å²) in [7, 11) is 0. The Morgan fingerprint density at radius 2 is 1.56 bits per heavy atom. The van der Waals surface area contributed by atoms with Gasteiger partial charge in [-0.15, -0.1) is 0 Å². The molecule has 0 spiro atoms. The lowest BCUT2D eigenvalue weighted by atomic mass is 10.0. The van der Waals surface area contributed by atoms with E-state index in [1.807, 2.05) is 13.8 Å². The highest BCUT2D eigenvalue weighted by Gasteiger charge is 2.07. The van der Waals surface area contributed by atoms with Crippen LogP contribution in [0.3, 0.4) is 0 Å². The van der Waals surface area contributed by atoms with Crippen LogP contribution in [-0.2, 0) is 6.42 Å². The van der Waals surface area contributed by atoms with Crippen LogP contribution in [0.15, 0.2) is 18.2 Å². The third kappa shape index (κ3) is 2.88. The van der Waals surface area contributed by atoms with Crippen molar-refractivity contribution < 1.29 is 0 Å². The van der Waals surface area contributed by atoms with Crippen molar-refractivity contribution in [3.8, 4) is 0 Å². The van der Waals surface area contributed by atoms with Gasteiger partial charge in [0.05, 0.1) is 0 Å². The summed E-state index contributed by atoms with van der Waals surface area (Å²) in [5, 5.41) is 0.557. The normalized spacial score (nSPS) is 10.7. The summed E-state index contributed by atoms with van der Waals surface area (Å²) in [4.78, 5) is 8.84. The van der Waals surface area contributed by atoms with Crippen LogP contribution < -0.4 is 0 Å². The lowest BCUT2D eigenvalue weighted by molar-refractivity contribution is 0.925. The minimum Gasteiger partial charge on any atom is -0.238 e. The third-order valence-electron chi connectivity index (χ3n) is 3.02. The lowest BCUT2D eigenvalue weighted by Crippen LogP contribution is -2.02. The zero-order valence-electron chi connectivity index (χ0n) is 11.2. The Balaban J connectivity index is 2.34. The van der Waals surface area contributed by atoms with E-state index in [1.165, 1.54) is 16.7 Å². The number of benzene rings is 1. The highest BCUT2D eigenvalue weighted by molar-refractivity contribution is 6.30. The molecule has 0 fully saturated rings. The fraction of sp³-hybridized carbons (Fsp3) is 0.333. The molecule has 0 amide bonds. The Morgan fingerprint density at radius 1 is 0.944 bits per heavy atom. The first kappa shape index (κ1) is 13.0. The maximum Gasteiger partial charge on any atom is 0.135 e. The Morgan fingerprint density at radius 3 is 2.11 bits per heavy atom. The average Bonchev–Trinajstić information content (AvgIpc) is 2.24. The maximum atomic E-state index is 6.10. The van der Waals surface area contributed by atoms with E-state index in [1.54, 1.807) is 0 Å². The van der Waals surface area contributed by atoms with Gasteiger partial charge in [-0.05, 0) is 33.3 Å². The number of aromatic nitrogens is 2. The SMILES string of the molecule is Cc1cc(C)cc(Cc2nc(C)c(C)c(Cl)n2)c1. The average molecular weight is 261 g/mol. The minimum absolute atomic E-state index is 0.557. The number of hydrogen-bond acceptors (Lipinski definition) is 2. The molecule has 1 aromatic heterocycles. The van der Waals surface area contributed by atoms with Crippen molar-refractivity contribution >= 4 is 11.6 Å². The molecule has 1 aromatic carbocycles.